The Balaban J connectivity index is 2.08. The third kappa shape index (κ3) is 2.74. The number of fused-ring (bicyclic) bond motifs is 1. The second-order valence-corrected chi connectivity index (χ2v) is 5.02. The summed E-state index contributed by atoms with van der Waals surface area (Å²) < 4.78 is 13.7. The van der Waals surface area contributed by atoms with Gasteiger partial charge in [0.2, 0.25) is 0 Å². The Morgan fingerprint density at radius 2 is 1.62 bits per heavy atom. The summed E-state index contributed by atoms with van der Waals surface area (Å²) in [6.45, 7) is 0. The number of carboxylic acid groups (broad SMARTS) is 1. The molecule has 24 heavy (non-hydrogen) atoms. The first-order chi connectivity index (χ1) is 11.5. The molecule has 0 saturated heterocycles. The standard InChI is InChI=1S/C17H11FN2O4/c18-11-7-5-10(6-8-11)15(21)19-20-9-14(17(23)24)12-3-1-2-4-13(12)16(20)22/h1-9H,(H,19,21)(H,23,24). The van der Waals surface area contributed by atoms with Crippen molar-refractivity contribution >= 4 is 22.6 Å². The van der Waals surface area contributed by atoms with Gasteiger partial charge in [0.25, 0.3) is 11.5 Å². The van der Waals surface area contributed by atoms with E-state index in [4.69, 9.17) is 0 Å². The van der Waals surface area contributed by atoms with Gasteiger partial charge < -0.3 is 5.11 Å². The van der Waals surface area contributed by atoms with Crippen LogP contribution in [0.5, 0.6) is 0 Å². The third-order valence-corrected chi connectivity index (χ3v) is 3.48. The van der Waals surface area contributed by atoms with Crippen molar-refractivity contribution in [2.75, 3.05) is 5.43 Å². The fourth-order valence-corrected chi connectivity index (χ4v) is 2.32. The van der Waals surface area contributed by atoms with E-state index in [0.717, 1.165) is 23.0 Å². The lowest BCUT2D eigenvalue weighted by molar-refractivity contribution is 0.0697. The van der Waals surface area contributed by atoms with Crippen LogP contribution in [0, 0.1) is 5.82 Å². The van der Waals surface area contributed by atoms with E-state index in [-0.39, 0.29) is 21.9 Å². The fraction of sp³-hybridized carbons (Fsp3) is 0. The molecule has 0 aliphatic rings. The highest BCUT2D eigenvalue weighted by molar-refractivity contribution is 6.04. The molecule has 2 aromatic carbocycles. The number of aromatic carboxylic acids is 1. The maximum atomic E-state index is 12.9. The lowest BCUT2D eigenvalue weighted by Gasteiger charge is -2.11. The summed E-state index contributed by atoms with van der Waals surface area (Å²) in [4.78, 5) is 36.0. The summed E-state index contributed by atoms with van der Waals surface area (Å²) in [6.07, 6.45) is 1.05. The van der Waals surface area contributed by atoms with Crippen LogP contribution in [0.2, 0.25) is 0 Å². The van der Waals surface area contributed by atoms with E-state index in [1.54, 1.807) is 12.1 Å². The average Bonchev–Trinajstić information content (AvgIpc) is 2.57. The maximum Gasteiger partial charge on any atom is 0.337 e. The van der Waals surface area contributed by atoms with E-state index in [2.05, 4.69) is 5.43 Å². The number of rotatable bonds is 3. The summed E-state index contributed by atoms with van der Waals surface area (Å²) in [5.41, 5.74) is 1.76. The number of amides is 1. The van der Waals surface area contributed by atoms with E-state index >= 15 is 0 Å². The van der Waals surface area contributed by atoms with Crippen LogP contribution in [-0.4, -0.2) is 21.7 Å². The molecule has 2 N–H and O–H groups in total. The van der Waals surface area contributed by atoms with Crippen LogP contribution in [0.25, 0.3) is 10.8 Å². The zero-order valence-electron chi connectivity index (χ0n) is 12.2. The first-order valence-corrected chi connectivity index (χ1v) is 6.92. The maximum absolute atomic E-state index is 12.9. The van der Waals surface area contributed by atoms with Crippen molar-refractivity contribution in [3.8, 4) is 0 Å². The number of carbonyl (C=O) groups excluding carboxylic acids is 1. The van der Waals surface area contributed by atoms with E-state index in [1.807, 2.05) is 0 Å². The molecule has 1 heterocycles. The van der Waals surface area contributed by atoms with Crippen LogP contribution in [0.4, 0.5) is 4.39 Å². The molecule has 0 radical (unpaired) electrons. The number of halogens is 1. The Hall–Kier alpha value is -3.48. The highest BCUT2D eigenvalue weighted by Gasteiger charge is 2.15. The predicted octanol–water partition coefficient (Wildman–Crippen LogP) is 2.22. The van der Waals surface area contributed by atoms with Gasteiger partial charge in [-0.3, -0.25) is 15.0 Å². The number of aromatic nitrogens is 1. The highest BCUT2D eigenvalue weighted by Crippen LogP contribution is 2.15. The first kappa shape index (κ1) is 15.4. The van der Waals surface area contributed by atoms with Crippen LogP contribution in [0.1, 0.15) is 20.7 Å². The molecule has 0 fully saturated rings. The minimum Gasteiger partial charge on any atom is -0.478 e. The van der Waals surface area contributed by atoms with Crippen LogP contribution in [0.15, 0.2) is 59.5 Å². The van der Waals surface area contributed by atoms with Gasteiger partial charge in [0, 0.05) is 22.5 Å². The van der Waals surface area contributed by atoms with Gasteiger partial charge in [-0.25, -0.2) is 13.9 Å². The molecule has 0 spiro atoms. The first-order valence-electron chi connectivity index (χ1n) is 6.92. The molecular weight excluding hydrogens is 315 g/mol. The quantitative estimate of drug-likeness (QED) is 0.772. The van der Waals surface area contributed by atoms with Crippen LogP contribution in [-0.2, 0) is 0 Å². The Morgan fingerprint density at radius 1 is 1.00 bits per heavy atom. The molecule has 0 aliphatic heterocycles. The van der Waals surface area contributed by atoms with Gasteiger partial charge in [0.1, 0.15) is 5.82 Å². The normalized spacial score (nSPS) is 10.5. The number of hydrogen-bond acceptors (Lipinski definition) is 3. The lowest BCUT2D eigenvalue weighted by atomic mass is 10.1. The largest absolute Gasteiger partial charge is 0.478 e. The Morgan fingerprint density at radius 3 is 2.25 bits per heavy atom. The summed E-state index contributed by atoms with van der Waals surface area (Å²) in [5.74, 6) is -2.39. The van der Waals surface area contributed by atoms with Crippen molar-refractivity contribution in [1.82, 2.24) is 4.68 Å². The smallest absolute Gasteiger partial charge is 0.337 e. The molecule has 3 rings (SSSR count). The van der Waals surface area contributed by atoms with Crippen molar-refractivity contribution in [2.24, 2.45) is 0 Å². The fourth-order valence-electron chi connectivity index (χ4n) is 2.32. The van der Waals surface area contributed by atoms with Crippen molar-refractivity contribution in [3.63, 3.8) is 0 Å². The number of nitrogens with zero attached hydrogens (tertiary/aromatic N) is 1. The Labute approximate surface area is 134 Å². The SMILES string of the molecule is O=C(Nn1cc(C(=O)O)c2ccccc2c1=O)c1ccc(F)cc1. The van der Waals surface area contributed by atoms with Gasteiger partial charge in [0.05, 0.1) is 5.56 Å². The zero-order chi connectivity index (χ0) is 17.3. The number of carboxylic acids is 1. The minimum absolute atomic E-state index is 0.121. The topological polar surface area (TPSA) is 88.4 Å². The van der Waals surface area contributed by atoms with E-state index < -0.39 is 23.3 Å². The second kappa shape index (κ2) is 5.96. The monoisotopic (exact) mass is 326 g/mol. The minimum atomic E-state index is -1.23. The van der Waals surface area contributed by atoms with Gasteiger partial charge in [0.15, 0.2) is 0 Å². The molecule has 0 atom stereocenters. The average molecular weight is 326 g/mol. The van der Waals surface area contributed by atoms with Crippen molar-refractivity contribution in [1.29, 1.82) is 0 Å². The van der Waals surface area contributed by atoms with Gasteiger partial charge in [-0.2, -0.15) is 0 Å². The van der Waals surface area contributed by atoms with Gasteiger partial charge in [-0.1, -0.05) is 18.2 Å². The lowest BCUT2D eigenvalue weighted by Crippen LogP contribution is -2.33. The zero-order valence-corrected chi connectivity index (χ0v) is 12.2. The summed E-state index contributed by atoms with van der Waals surface area (Å²) in [7, 11) is 0. The molecule has 1 aromatic heterocycles. The second-order valence-electron chi connectivity index (χ2n) is 5.02. The van der Waals surface area contributed by atoms with Crippen LogP contribution >= 0.6 is 0 Å². The molecule has 0 unspecified atom stereocenters. The predicted molar refractivity (Wildman–Crippen MR) is 85.3 cm³/mol. The number of benzene rings is 2. The number of pyridine rings is 1. The molecule has 0 saturated carbocycles. The van der Waals surface area contributed by atoms with Crippen molar-refractivity contribution in [3.05, 3.63) is 82.0 Å². The number of nitrogens with one attached hydrogen (secondary N) is 1. The molecule has 0 aliphatic carbocycles. The molecule has 120 valence electrons. The Kier molecular flexibility index (Phi) is 3.83. The van der Waals surface area contributed by atoms with Crippen LogP contribution in [0.3, 0.4) is 0 Å². The molecule has 0 bridgehead atoms. The van der Waals surface area contributed by atoms with E-state index in [0.29, 0.717) is 0 Å². The summed E-state index contributed by atoms with van der Waals surface area (Å²) in [6, 6.07) is 11.0. The van der Waals surface area contributed by atoms with E-state index in [9.17, 15) is 23.9 Å². The van der Waals surface area contributed by atoms with Gasteiger partial charge >= 0.3 is 5.97 Å². The summed E-state index contributed by atoms with van der Waals surface area (Å²) in [5, 5.41) is 9.75. The molecule has 6 nitrogen and oxygen atoms in total. The van der Waals surface area contributed by atoms with Crippen LogP contribution < -0.4 is 11.0 Å². The van der Waals surface area contributed by atoms with E-state index in [1.165, 1.54) is 24.3 Å². The van der Waals surface area contributed by atoms with Crippen molar-refractivity contribution < 1.29 is 19.1 Å². The molecule has 7 heteroatoms. The highest BCUT2D eigenvalue weighted by atomic mass is 19.1. The van der Waals surface area contributed by atoms with Crippen molar-refractivity contribution in [2.45, 2.75) is 0 Å². The molecule has 1 amide bonds. The van der Waals surface area contributed by atoms with Gasteiger partial charge in [-0.05, 0) is 30.3 Å². The molecule has 3 aromatic rings. The Bertz CT molecular complexity index is 1010. The number of hydrogen-bond donors (Lipinski definition) is 2. The summed E-state index contributed by atoms with van der Waals surface area (Å²) >= 11 is 0. The van der Waals surface area contributed by atoms with Gasteiger partial charge in [-0.15, -0.1) is 0 Å². The molecular formula is C17H11FN2O4. The number of carbonyl (C=O) groups is 2. The third-order valence-electron chi connectivity index (χ3n) is 3.48.